The van der Waals surface area contributed by atoms with E-state index in [0.29, 0.717) is 0 Å². The smallest absolute Gasteiger partial charge is 0.468 e. The van der Waals surface area contributed by atoms with Gasteiger partial charge in [0.2, 0.25) is 0 Å². The van der Waals surface area contributed by atoms with Crippen LogP contribution in [0.3, 0.4) is 0 Å². The summed E-state index contributed by atoms with van der Waals surface area (Å²) in [4.78, 5) is 31.6. The minimum atomic E-state index is -4.74. The van der Waals surface area contributed by atoms with E-state index in [1.165, 1.54) is 18.7 Å². The van der Waals surface area contributed by atoms with Crippen LogP contribution in [0.25, 0.3) is 0 Å². The zero-order valence-corrected chi connectivity index (χ0v) is 13.6. The number of Topliss-reactive ketones (excluding diaryl/α,β-unsaturated/α-hetero) is 2. The Hall–Kier alpha value is -3.04. The van der Waals surface area contributed by atoms with Gasteiger partial charge in [0.25, 0.3) is 0 Å². The molecule has 3 rings (SSSR count). The number of benzene rings is 1. The van der Waals surface area contributed by atoms with Crippen molar-refractivity contribution in [3.63, 3.8) is 0 Å². The van der Waals surface area contributed by atoms with Crippen molar-refractivity contribution in [1.29, 1.82) is 0 Å². The first kappa shape index (κ1) is 18.7. The van der Waals surface area contributed by atoms with Crippen LogP contribution < -0.4 is 9.47 Å². The molecule has 0 spiro atoms. The van der Waals surface area contributed by atoms with Crippen LogP contribution in [0.1, 0.15) is 33.6 Å². The molecule has 2 heterocycles. The number of rotatable bonds is 5. The monoisotopic (exact) mass is 384 g/mol. The van der Waals surface area contributed by atoms with Crippen molar-refractivity contribution in [3.05, 3.63) is 48.0 Å². The van der Waals surface area contributed by atoms with Crippen molar-refractivity contribution in [1.82, 2.24) is 9.97 Å². The topological polar surface area (TPSA) is 78.4 Å². The van der Waals surface area contributed by atoms with E-state index < -0.39 is 35.9 Å². The van der Waals surface area contributed by atoms with Crippen molar-refractivity contribution in [3.8, 4) is 11.5 Å². The van der Waals surface area contributed by atoms with Crippen LogP contribution in [-0.4, -0.2) is 40.2 Å². The lowest BCUT2D eigenvalue weighted by Crippen LogP contribution is -2.47. The minimum Gasteiger partial charge on any atom is -0.483 e. The zero-order chi connectivity index (χ0) is 19.7. The van der Waals surface area contributed by atoms with Gasteiger partial charge in [-0.25, -0.2) is 9.97 Å². The Morgan fingerprint density at radius 1 is 0.963 bits per heavy atom. The van der Waals surface area contributed by atoms with Crippen LogP contribution in [-0.2, 0) is 0 Å². The number of hydrogen-bond donors (Lipinski definition) is 0. The lowest BCUT2D eigenvalue weighted by molar-refractivity contribution is -0.309. The molecule has 0 atom stereocenters. The Morgan fingerprint density at radius 2 is 1.59 bits per heavy atom. The quantitative estimate of drug-likeness (QED) is 0.581. The van der Waals surface area contributed by atoms with Gasteiger partial charge in [0.1, 0.15) is 6.33 Å². The lowest BCUT2D eigenvalue weighted by Gasteiger charge is -2.22. The van der Waals surface area contributed by atoms with E-state index in [4.69, 9.17) is 4.74 Å². The predicted octanol–water partition coefficient (Wildman–Crippen LogP) is 3.32. The highest BCUT2D eigenvalue weighted by molar-refractivity contribution is 6.02. The summed E-state index contributed by atoms with van der Waals surface area (Å²) in [7, 11) is 0. The second-order valence-electron chi connectivity index (χ2n) is 5.75. The largest absolute Gasteiger partial charge is 0.483 e. The van der Waals surface area contributed by atoms with Crippen molar-refractivity contribution in [2.45, 2.75) is 24.9 Å². The second kappa shape index (κ2) is 6.93. The fourth-order valence-corrected chi connectivity index (χ4v) is 2.30. The van der Waals surface area contributed by atoms with Gasteiger partial charge in [0, 0.05) is 30.8 Å². The highest BCUT2D eigenvalue weighted by Gasteiger charge is 2.61. The highest BCUT2D eigenvalue weighted by Crippen LogP contribution is 2.43. The van der Waals surface area contributed by atoms with Crippen molar-refractivity contribution < 1.29 is 36.6 Å². The number of carbonyl (C=O) groups is 2. The molecule has 142 valence electrons. The van der Waals surface area contributed by atoms with E-state index in [0.717, 1.165) is 18.2 Å². The summed E-state index contributed by atoms with van der Waals surface area (Å²) in [6.45, 7) is -1.60. The summed E-state index contributed by atoms with van der Waals surface area (Å²) in [5.41, 5.74) is 0.261. The third kappa shape index (κ3) is 3.88. The molecule has 0 radical (unpaired) electrons. The molecule has 10 heteroatoms. The number of hydrogen-bond acceptors (Lipinski definition) is 6. The Kier molecular flexibility index (Phi) is 4.81. The van der Waals surface area contributed by atoms with E-state index in [2.05, 4.69) is 14.7 Å². The van der Waals surface area contributed by atoms with Crippen LogP contribution in [0, 0.1) is 0 Å². The van der Waals surface area contributed by atoms with Gasteiger partial charge in [0.15, 0.2) is 29.7 Å². The molecule has 0 fully saturated rings. The molecule has 1 aliphatic heterocycles. The van der Waals surface area contributed by atoms with E-state index in [-0.39, 0.29) is 29.8 Å². The molecule has 27 heavy (non-hydrogen) atoms. The maximum atomic E-state index is 13.4. The number of ether oxygens (including phenoxy) is 2. The first-order valence-corrected chi connectivity index (χ1v) is 7.72. The van der Waals surface area contributed by atoms with Gasteiger partial charge in [-0.05, 0) is 18.2 Å². The first-order chi connectivity index (χ1) is 12.7. The molecule has 0 saturated carbocycles. The number of ketones is 2. The van der Waals surface area contributed by atoms with E-state index >= 15 is 0 Å². The van der Waals surface area contributed by atoms with Crippen LogP contribution in [0.5, 0.6) is 11.5 Å². The Bertz CT molecular complexity index is 874. The molecule has 1 aromatic heterocycles. The third-order valence-electron chi connectivity index (χ3n) is 3.80. The minimum absolute atomic E-state index is 0.0167. The van der Waals surface area contributed by atoms with Crippen LogP contribution >= 0.6 is 0 Å². The molecule has 0 N–H and O–H groups in total. The maximum Gasteiger partial charge on any atom is 0.468 e. The average molecular weight is 384 g/mol. The predicted molar refractivity (Wildman–Crippen MR) is 82.4 cm³/mol. The molecule has 0 saturated heterocycles. The molecule has 1 aliphatic rings. The SMILES string of the molecule is O=C(CCC(=O)c1ccc2c(c1)OCC(F)(F)C(F)(F)O2)c1cncnc1. The van der Waals surface area contributed by atoms with Gasteiger partial charge < -0.3 is 9.47 Å². The number of aromatic nitrogens is 2. The van der Waals surface area contributed by atoms with E-state index in [9.17, 15) is 27.2 Å². The van der Waals surface area contributed by atoms with Crippen molar-refractivity contribution in [2.24, 2.45) is 0 Å². The summed E-state index contributed by atoms with van der Waals surface area (Å²) in [6, 6.07) is 3.12. The molecule has 6 nitrogen and oxygen atoms in total. The van der Waals surface area contributed by atoms with Gasteiger partial charge in [-0.2, -0.15) is 17.6 Å². The Morgan fingerprint density at radius 3 is 2.26 bits per heavy atom. The number of carbonyl (C=O) groups excluding carboxylic acids is 2. The molecular weight excluding hydrogens is 372 g/mol. The second-order valence-corrected chi connectivity index (χ2v) is 5.75. The zero-order valence-electron chi connectivity index (χ0n) is 13.6. The average Bonchev–Trinajstić information content (AvgIpc) is 2.73. The number of nitrogens with zero attached hydrogens (tertiary/aromatic N) is 2. The molecule has 2 aromatic rings. The molecule has 0 bridgehead atoms. The maximum absolute atomic E-state index is 13.4. The number of fused-ring (bicyclic) bond motifs is 1. The van der Waals surface area contributed by atoms with Crippen molar-refractivity contribution >= 4 is 11.6 Å². The summed E-state index contributed by atoms with van der Waals surface area (Å²) < 4.78 is 62.2. The molecule has 0 amide bonds. The first-order valence-electron chi connectivity index (χ1n) is 7.72. The van der Waals surface area contributed by atoms with Crippen LogP contribution in [0.15, 0.2) is 36.9 Å². The highest BCUT2D eigenvalue weighted by atomic mass is 19.3. The van der Waals surface area contributed by atoms with Gasteiger partial charge >= 0.3 is 12.0 Å². The van der Waals surface area contributed by atoms with Crippen LogP contribution in [0.2, 0.25) is 0 Å². The molecule has 0 aliphatic carbocycles. The van der Waals surface area contributed by atoms with Gasteiger partial charge in [-0.3, -0.25) is 9.59 Å². The number of halogens is 4. The summed E-state index contributed by atoms with van der Waals surface area (Å²) >= 11 is 0. The summed E-state index contributed by atoms with van der Waals surface area (Å²) in [5, 5.41) is 0. The summed E-state index contributed by atoms with van der Waals surface area (Å²) in [5.74, 6) is -6.38. The van der Waals surface area contributed by atoms with E-state index in [1.807, 2.05) is 0 Å². The Labute approximate surface area is 150 Å². The van der Waals surface area contributed by atoms with Gasteiger partial charge in [-0.15, -0.1) is 0 Å². The Balaban J connectivity index is 1.71. The molecule has 0 unspecified atom stereocenters. The fraction of sp³-hybridized carbons (Fsp3) is 0.294. The van der Waals surface area contributed by atoms with Gasteiger partial charge in [0.05, 0.1) is 5.56 Å². The van der Waals surface area contributed by atoms with Gasteiger partial charge in [-0.1, -0.05) is 0 Å². The van der Waals surface area contributed by atoms with Crippen molar-refractivity contribution in [2.75, 3.05) is 6.61 Å². The third-order valence-corrected chi connectivity index (χ3v) is 3.80. The fourth-order valence-electron chi connectivity index (χ4n) is 2.30. The van der Waals surface area contributed by atoms with E-state index in [1.54, 1.807) is 0 Å². The normalized spacial score (nSPS) is 17.0. The molecule has 1 aromatic carbocycles. The number of alkyl halides is 4. The summed E-state index contributed by atoms with van der Waals surface area (Å²) in [6.07, 6.45) is -1.17. The van der Waals surface area contributed by atoms with Crippen LogP contribution in [0.4, 0.5) is 17.6 Å². The standard InChI is InChI=1S/C17H12F4N2O4/c18-16(19)8-26-15-5-10(1-4-14(15)27-17(16,20)21)12(24)2-3-13(25)11-6-22-9-23-7-11/h1,4-7,9H,2-3,8H2. The molecular formula is C17H12F4N2O4. The lowest BCUT2D eigenvalue weighted by atomic mass is 10.0.